The van der Waals surface area contributed by atoms with Crippen LogP contribution in [0.1, 0.15) is 15.9 Å². The molecule has 102 valence electrons. The van der Waals surface area contributed by atoms with E-state index >= 15 is 0 Å². The van der Waals surface area contributed by atoms with E-state index < -0.39 is 5.91 Å². The lowest BCUT2D eigenvalue weighted by Crippen LogP contribution is -2.40. The Morgan fingerprint density at radius 3 is 2.79 bits per heavy atom. The van der Waals surface area contributed by atoms with Crippen molar-refractivity contribution in [3.63, 3.8) is 0 Å². The average Bonchev–Trinajstić information content (AvgIpc) is 2.82. The van der Waals surface area contributed by atoms with Crippen LogP contribution in [0.15, 0.2) is 24.3 Å². The molecule has 0 aromatic heterocycles. The van der Waals surface area contributed by atoms with Crippen molar-refractivity contribution in [2.75, 3.05) is 13.2 Å². The first-order valence-corrected chi connectivity index (χ1v) is 6.07. The molecular weight excluding hydrogens is 246 g/mol. The van der Waals surface area contributed by atoms with Gasteiger partial charge in [-0.1, -0.05) is 12.1 Å². The summed E-state index contributed by atoms with van der Waals surface area (Å²) >= 11 is 0. The van der Waals surface area contributed by atoms with Gasteiger partial charge in [0, 0.05) is 18.2 Å². The topological polar surface area (TPSA) is 107 Å². The highest BCUT2D eigenvalue weighted by atomic mass is 16.5. The maximum absolute atomic E-state index is 11.9. The largest absolute Gasteiger partial charge is 0.379 e. The second kappa shape index (κ2) is 5.81. The number of carbonyl (C=O) groups is 2. The summed E-state index contributed by atoms with van der Waals surface area (Å²) in [5.41, 5.74) is 12.2. The molecule has 2 atom stereocenters. The minimum atomic E-state index is -0.487. The fourth-order valence-corrected chi connectivity index (χ4v) is 2.00. The zero-order chi connectivity index (χ0) is 13.8. The third kappa shape index (κ3) is 3.30. The van der Waals surface area contributed by atoms with Crippen LogP contribution in [0.4, 0.5) is 0 Å². The standard InChI is InChI=1S/C13H17N3O3/c14-11-7-19-6-10(11)13(18)16-5-8-2-1-3-9(4-8)12(15)17/h1-4,10-11H,5-7,14H2,(H2,15,17)(H,16,18). The molecule has 2 amide bonds. The van der Waals surface area contributed by atoms with Crippen LogP contribution in [-0.4, -0.2) is 31.1 Å². The molecule has 1 aliphatic rings. The quantitative estimate of drug-likeness (QED) is 0.672. The van der Waals surface area contributed by atoms with E-state index in [0.717, 1.165) is 5.56 Å². The number of nitrogens with two attached hydrogens (primary N) is 2. The summed E-state index contributed by atoms with van der Waals surface area (Å²) in [6.45, 7) is 1.10. The smallest absolute Gasteiger partial charge is 0.248 e. The molecule has 6 heteroatoms. The Labute approximate surface area is 111 Å². The van der Waals surface area contributed by atoms with Gasteiger partial charge in [-0.25, -0.2) is 0 Å². The number of rotatable bonds is 4. The number of carbonyl (C=O) groups excluding carboxylic acids is 2. The van der Waals surface area contributed by atoms with Gasteiger partial charge in [0.25, 0.3) is 0 Å². The first-order valence-electron chi connectivity index (χ1n) is 6.07. The van der Waals surface area contributed by atoms with E-state index in [1.54, 1.807) is 18.2 Å². The second-order valence-corrected chi connectivity index (χ2v) is 4.59. The monoisotopic (exact) mass is 263 g/mol. The molecule has 0 saturated carbocycles. The molecule has 0 aliphatic carbocycles. The summed E-state index contributed by atoms with van der Waals surface area (Å²) in [5, 5.41) is 2.79. The van der Waals surface area contributed by atoms with Gasteiger partial charge in [-0.05, 0) is 17.7 Å². The van der Waals surface area contributed by atoms with Crippen LogP contribution < -0.4 is 16.8 Å². The number of primary amides is 1. The minimum Gasteiger partial charge on any atom is -0.379 e. The Hall–Kier alpha value is -1.92. The first-order chi connectivity index (χ1) is 9.08. The van der Waals surface area contributed by atoms with Gasteiger partial charge in [0.1, 0.15) is 0 Å². The first kappa shape index (κ1) is 13.5. The number of hydrogen-bond donors (Lipinski definition) is 3. The maximum atomic E-state index is 11.9. The fourth-order valence-electron chi connectivity index (χ4n) is 2.00. The Balaban J connectivity index is 1.93. The molecule has 0 bridgehead atoms. The van der Waals surface area contributed by atoms with Gasteiger partial charge in [0.15, 0.2) is 0 Å². The Morgan fingerprint density at radius 1 is 1.37 bits per heavy atom. The summed E-state index contributed by atoms with van der Waals surface area (Å²) in [5.74, 6) is -0.923. The number of hydrogen-bond acceptors (Lipinski definition) is 4. The van der Waals surface area contributed by atoms with Crippen LogP contribution in [0.2, 0.25) is 0 Å². The summed E-state index contributed by atoms with van der Waals surface area (Å²) in [6, 6.07) is 6.59. The van der Waals surface area contributed by atoms with Crippen molar-refractivity contribution in [1.82, 2.24) is 5.32 Å². The third-order valence-corrected chi connectivity index (χ3v) is 3.14. The molecule has 1 aromatic rings. The van der Waals surface area contributed by atoms with Crippen LogP contribution in [-0.2, 0) is 16.1 Å². The van der Waals surface area contributed by atoms with E-state index in [1.165, 1.54) is 0 Å². The maximum Gasteiger partial charge on any atom is 0.248 e. The number of amides is 2. The number of benzene rings is 1. The summed E-state index contributed by atoms with van der Waals surface area (Å²) in [4.78, 5) is 22.9. The SMILES string of the molecule is NC(=O)c1cccc(CNC(=O)C2COCC2N)c1. The van der Waals surface area contributed by atoms with Gasteiger partial charge in [-0.2, -0.15) is 0 Å². The highest BCUT2D eigenvalue weighted by Crippen LogP contribution is 2.12. The van der Waals surface area contributed by atoms with Crippen molar-refractivity contribution < 1.29 is 14.3 Å². The van der Waals surface area contributed by atoms with E-state index in [4.69, 9.17) is 16.2 Å². The minimum absolute atomic E-state index is 0.130. The lowest BCUT2D eigenvalue weighted by Gasteiger charge is -2.13. The van der Waals surface area contributed by atoms with Gasteiger partial charge in [-0.3, -0.25) is 9.59 Å². The molecule has 1 fully saturated rings. The van der Waals surface area contributed by atoms with Crippen molar-refractivity contribution in [3.8, 4) is 0 Å². The lowest BCUT2D eigenvalue weighted by molar-refractivity contribution is -0.125. The van der Waals surface area contributed by atoms with Gasteiger partial charge >= 0.3 is 0 Å². The lowest BCUT2D eigenvalue weighted by atomic mass is 10.0. The van der Waals surface area contributed by atoms with Crippen molar-refractivity contribution in [3.05, 3.63) is 35.4 Å². The second-order valence-electron chi connectivity index (χ2n) is 4.59. The predicted octanol–water partition coefficient (Wildman–Crippen LogP) is -0.625. The Kier molecular flexibility index (Phi) is 4.13. The Bertz CT molecular complexity index is 490. The van der Waals surface area contributed by atoms with Crippen molar-refractivity contribution in [1.29, 1.82) is 0 Å². The average molecular weight is 263 g/mol. The van der Waals surface area contributed by atoms with E-state index in [0.29, 0.717) is 25.3 Å². The molecule has 1 heterocycles. The normalized spacial score (nSPS) is 22.2. The molecule has 2 unspecified atom stereocenters. The van der Waals surface area contributed by atoms with Gasteiger partial charge in [0.2, 0.25) is 11.8 Å². The van der Waals surface area contributed by atoms with Crippen molar-refractivity contribution in [2.45, 2.75) is 12.6 Å². The molecule has 2 rings (SSSR count). The van der Waals surface area contributed by atoms with E-state index in [2.05, 4.69) is 5.32 Å². The summed E-state index contributed by atoms with van der Waals surface area (Å²) in [6.07, 6.45) is 0. The van der Waals surface area contributed by atoms with E-state index in [-0.39, 0.29) is 17.9 Å². The zero-order valence-corrected chi connectivity index (χ0v) is 10.5. The van der Waals surface area contributed by atoms with Crippen LogP contribution in [0, 0.1) is 5.92 Å². The van der Waals surface area contributed by atoms with Crippen LogP contribution >= 0.6 is 0 Å². The number of ether oxygens (including phenoxy) is 1. The third-order valence-electron chi connectivity index (χ3n) is 3.14. The van der Waals surface area contributed by atoms with Gasteiger partial charge in [-0.15, -0.1) is 0 Å². The molecule has 1 aromatic carbocycles. The van der Waals surface area contributed by atoms with Crippen LogP contribution in [0.3, 0.4) is 0 Å². The molecule has 0 radical (unpaired) electrons. The van der Waals surface area contributed by atoms with Crippen molar-refractivity contribution in [2.24, 2.45) is 17.4 Å². The highest BCUT2D eigenvalue weighted by molar-refractivity contribution is 5.92. The van der Waals surface area contributed by atoms with Crippen molar-refractivity contribution >= 4 is 11.8 Å². The highest BCUT2D eigenvalue weighted by Gasteiger charge is 2.30. The fraction of sp³-hybridized carbons (Fsp3) is 0.385. The number of nitrogens with one attached hydrogen (secondary N) is 1. The predicted molar refractivity (Wildman–Crippen MR) is 69.1 cm³/mol. The molecular formula is C13H17N3O3. The van der Waals surface area contributed by atoms with Crippen LogP contribution in [0.25, 0.3) is 0 Å². The molecule has 1 aliphatic heterocycles. The van der Waals surface area contributed by atoms with Gasteiger partial charge < -0.3 is 21.5 Å². The molecule has 6 nitrogen and oxygen atoms in total. The van der Waals surface area contributed by atoms with E-state index in [9.17, 15) is 9.59 Å². The summed E-state index contributed by atoms with van der Waals surface area (Å²) < 4.78 is 5.15. The van der Waals surface area contributed by atoms with Gasteiger partial charge in [0.05, 0.1) is 19.1 Å². The van der Waals surface area contributed by atoms with E-state index in [1.807, 2.05) is 6.07 Å². The Morgan fingerprint density at radius 2 is 2.16 bits per heavy atom. The summed E-state index contributed by atoms with van der Waals surface area (Å²) in [7, 11) is 0. The van der Waals surface area contributed by atoms with Crippen LogP contribution in [0.5, 0.6) is 0 Å². The molecule has 0 spiro atoms. The molecule has 5 N–H and O–H groups in total. The zero-order valence-electron chi connectivity index (χ0n) is 10.5. The molecule has 19 heavy (non-hydrogen) atoms. The molecule has 1 saturated heterocycles.